The summed E-state index contributed by atoms with van der Waals surface area (Å²) in [5.74, 6) is 6.07. The van der Waals surface area contributed by atoms with Crippen LogP contribution < -0.4 is 4.90 Å². The molecule has 3 aliphatic rings. The lowest BCUT2D eigenvalue weighted by molar-refractivity contribution is -0.124. The molecule has 2 heterocycles. The maximum absolute atomic E-state index is 14.0. The van der Waals surface area contributed by atoms with Gasteiger partial charge in [-0.1, -0.05) is 18.8 Å². The van der Waals surface area contributed by atoms with Gasteiger partial charge in [0.2, 0.25) is 5.91 Å². The van der Waals surface area contributed by atoms with E-state index in [1.807, 2.05) is 31.7 Å². The molecule has 0 aromatic carbocycles. The van der Waals surface area contributed by atoms with Gasteiger partial charge in [0.05, 0.1) is 29.4 Å². The van der Waals surface area contributed by atoms with Crippen molar-refractivity contribution in [2.75, 3.05) is 18.1 Å². The molecule has 1 saturated heterocycles. The Hall–Kier alpha value is -1.88. The topological polar surface area (TPSA) is 76.1 Å². The lowest BCUT2D eigenvalue weighted by atomic mass is 9.81. The number of rotatable bonds is 6. The Morgan fingerprint density at radius 2 is 1.75 bits per heavy atom. The zero-order valence-corrected chi connectivity index (χ0v) is 23.0. The van der Waals surface area contributed by atoms with E-state index in [4.69, 9.17) is 9.47 Å². The standard InChI is InChI=1S/C29H41NO5S/c1-19-5-7-20(8-6-19)27(31)30(21-9-11-22(12-10-21)35-23-14-16-34-18-23)25-17-24(13-15-29(2,3)4)36-26(25)28(32)33/h17,19-23H,5-12,14,16,18H2,1-4H3,(H,32,33). The van der Waals surface area contributed by atoms with Gasteiger partial charge >= 0.3 is 5.97 Å². The summed E-state index contributed by atoms with van der Waals surface area (Å²) in [6.07, 6.45) is 8.50. The minimum atomic E-state index is -0.993. The van der Waals surface area contributed by atoms with E-state index >= 15 is 0 Å². The van der Waals surface area contributed by atoms with Crippen LogP contribution >= 0.6 is 11.3 Å². The molecular formula is C29H41NO5S. The number of carboxylic acid groups (broad SMARTS) is 1. The van der Waals surface area contributed by atoms with Crippen molar-refractivity contribution in [3.05, 3.63) is 15.8 Å². The van der Waals surface area contributed by atoms with Crippen LogP contribution in [0, 0.1) is 29.1 Å². The number of ether oxygens (including phenoxy) is 2. The third-order valence-corrected chi connectivity index (χ3v) is 8.64. The molecule has 6 nitrogen and oxygen atoms in total. The van der Waals surface area contributed by atoms with Crippen LogP contribution in [-0.4, -0.2) is 48.4 Å². The van der Waals surface area contributed by atoms with E-state index in [0.29, 0.717) is 23.1 Å². The molecule has 2 saturated carbocycles. The monoisotopic (exact) mass is 515 g/mol. The zero-order valence-electron chi connectivity index (χ0n) is 22.2. The van der Waals surface area contributed by atoms with Gasteiger partial charge in [0.15, 0.2) is 0 Å². The number of hydrogen-bond donors (Lipinski definition) is 1. The summed E-state index contributed by atoms with van der Waals surface area (Å²) in [6, 6.07) is 1.82. The van der Waals surface area contributed by atoms with Gasteiger partial charge in [0.25, 0.3) is 0 Å². The Kier molecular flexibility index (Phi) is 8.80. The van der Waals surface area contributed by atoms with Crippen molar-refractivity contribution in [2.45, 2.75) is 104 Å². The summed E-state index contributed by atoms with van der Waals surface area (Å²) in [6.45, 7) is 9.77. The second-order valence-corrected chi connectivity index (χ2v) is 12.9. The van der Waals surface area contributed by atoms with Crippen molar-refractivity contribution in [2.24, 2.45) is 17.3 Å². The predicted molar refractivity (Wildman–Crippen MR) is 143 cm³/mol. The van der Waals surface area contributed by atoms with Gasteiger partial charge in [-0.2, -0.15) is 0 Å². The molecule has 2 aliphatic carbocycles. The lowest BCUT2D eigenvalue weighted by Crippen LogP contribution is -2.47. The number of aromatic carboxylic acids is 1. The van der Waals surface area contributed by atoms with E-state index < -0.39 is 5.97 Å². The third-order valence-electron chi connectivity index (χ3n) is 7.61. The average molecular weight is 516 g/mol. The van der Waals surface area contributed by atoms with Crippen molar-refractivity contribution in [3.8, 4) is 11.8 Å². The van der Waals surface area contributed by atoms with E-state index in [2.05, 4.69) is 18.8 Å². The van der Waals surface area contributed by atoms with Crippen LogP contribution in [0.5, 0.6) is 0 Å². The van der Waals surface area contributed by atoms with Crippen molar-refractivity contribution < 1.29 is 24.2 Å². The first kappa shape index (κ1) is 27.2. The van der Waals surface area contributed by atoms with E-state index in [0.717, 1.165) is 64.4 Å². The second-order valence-electron chi connectivity index (χ2n) is 11.8. The summed E-state index contributed by atoms with van der Waals surface area (Å²) in [7, 11) is 0. The predicted octanol–water partition coefficient (Wildman–Crippen LogP) is 6.12. The average Bonchev–Trinajstić information content (AvgIpc) is 3.49. The molecule has 1 amide bonds. The molecule has 1 atom stereocenters. The van der Waals surface area contributed by atoms with Crippen LogP contribution in [0.2, 0.25) is 0 Å². The second kappa shape index (κ2) is 11.7. The molecule has 1 unspecified atom stereocenters. The fourth-order valence-electron chi connectivity index (χ4n) is 5.56. The van der Waals surface area contributed by atoms with Crippen LogP contribution in [0.25, 0.3) is 0 Å². The van der Waals surface area contributed by atoms with Crippen molar-refractivity contribution >= 4 is 28.9 Å². The molecule has 3 fully saturated rings. The highest BCUT2D eigenvalue weighted by molar-refractivity contribution is 7.15. The number of hydrogen-bond acceptors (Lipinski definition) is 5. The van der Waals surface area contributed by atoms with Gasteiger partial charge in [-0.15, -0.1) is 11.3 Å². The lowest BCUT2D eigenvalue weighted by Gasteiger charge is -2.39. The molecule has 1 aliphatic heterocycles. The molecule has 7 heteroatoms. The van der Waals surface area contributed by atoms with E-state index in [1.165, 1.54) is 11.3 Å². The first-order valence-electron chi connectivity index (χ1n) is 13.6. The Morgan fingerprint density at radius 3 is 2.33 bits per heavy atom. The molecule has 1 N–H and O–H groups in total. The third kappa shape index (κ3) is 6.90. The molecule has 36 heavy (non-hydrogen) atoms. The fraction of sp³-hybridized carbons (Fsp3) is 0.724. The highest BCUT2D eigenvalue weighted by Crippen LogP contribution is 2.39. The quantitative estimate of drug-likeness (QED) is 0.462. The first-order chi connectivity index (χ1) is 17.1. The Morgan fingerprint density at radius 1 is 1.06 bits per heavy atom. The number of carbonyl (C=O) groups is 2. The SMILES string of the molecule is CC1CCC(C(=O)N(c2cc(C#CC(C)(C)C)sc2C(=O)O)C2CCC(OC3CCOC3)CC2)CC1. The molecule has 0 radical (unpaired) electrons. The summed E-state index contributed by atoms with van der Waals surface area (Å²) in [4.78, 5) is 29.1. The molecule has 4 rings (SSSR count). The summed E-state index contributed by atoms with van der Waals surface area (Å²) in [5, 5.41) is 10.1. The van der Waals surface area contributed by atoms with Gasteiger partial charge in [-0.25, -0.2) is 4.79 Å². The largest absolute Gasteiger partial charge is 0.477 e. The normalized spacial score (nSPS) is 28.8. The van der Waals surface area contributed by atoms with E-state index in [-0.39, 0.29) is 40.4 Å². The molecule has 198 valence electrons. The van der Waals surface area contributed by atoms with Gasteiger partial charge in [-0.3, -0.25) is 4.79 Å². The molecule has 0 bridgehead atoms. The zero-order chi connectivity index (χ0) is 25.9. The van der Waals surface area contributed by atoms with Crippen molar-refractivity contribution in [1.82, 2.24) is 0 Å². The first-order valence-corrected chi connectivity index (χ1v) is 14.4. The van der Waals surface area contributed by atoms with Crippen LogP contribution in [0.1, 0.15) is 100 Å². The van der Waals surface area contributed by atoms with Gasteiger partial charge < -0.3 is 19.5 Å². The molecule has 0 spiro atoms. The smallest absolute Gasteiger partial charge is 0.348 e. The van der Waals surface area contributed by atoms with Crippen molar-refractivity contribution in [1.29, 1.82) is 0 Å². The fourth-order valence-corrected chi connectivity index (χ4v) is 6.40. The number of thiophene rings is 1. The summed E-state index contributed by atoms with van der Waals surface area (Å²) < 4.78 is 11.7. The number of carboxylic acids is 1. The van der Waals surface area contributed by atoms with Gasteiger partial charge in [0.1, 0.15) is 4.88 Å². The van der Waals surface area contributed by atoms with Gasteiger partial charge in [-0.05, 0) is 90.5 Å². The Bertz CT molecular complexity index is 978. The van der Waals surface area contributed by atoms with Crippen LogP contribution in [0.15, 0.2) is 6.07 Å². The van der Waals surface area contributed by atoms with Crippen LogP contribution in [0.4, 0.5) is 5.69 Å². The molecule has 1 aromatic rings. The highest BCUT2D eigenvalue weighted by Gasteiger charge is 2.38. The Labute approximate surface area is 219 Å². The van der Waals surface area contributed by atoms with Crippen molar-refractivity contribution in [3.63, 3.8) is 0 Å². The highest BCUT2D eigenvalue weighted by atomic mass is 32.1. The molecule has 1 aromatic heterocycles. The maximum Gasteiger partial charge on any atom is 0.348 e. The summed E-state index contributed by atoms with van der Waals surface area (Å²) >= 11 is 1.18. The van der Waals surface area contributed by atoms with Crippen LogP contribution in [-0.2, 0) is 14.3 Å². The number of anilines is 1. The number of amides is 1. The Balaban J connectivity index is 1.60. The maximum atomic E-state index is 14.0. The molecular weight excluding hydrogens is 474 g/mol. The van der Waals surface area contributed by atoms with Gasteiger partial charge in [0, 0.05) is 24.0 Å². The minimum Gasteiger partial charge on any atom is -0.477 e. The van der Waals surface area contributed by atoms with E-state index in [9.17, 15) is 14.7 Å². The van der Waals surface area contributed by atoms with E-state index in [1.54, 1.807) is 0 Å². The minimum absolute atomic E-state index is 0.0207. The summed E-state index contributed by atoms with van der Waals surface area (Å²) in [5.41, 5.74) is 0.341. The number of nitrogens with zero attached hydrogens (tertiary/aromatic N) is 1. The van der Waals surface area contributed by atoms with Crippen LogP contribution in [0.3, 0.4) is 0 Å². The number of carbonyl (C=O) groups excluding carboxylic acids is 1.